The highest BCUT2D eigenvalue weighted by Gasteiger charge is 2.42. The van der Waals surface area contributed by atoms with E-state index in [0.717, 1.165) is 11.1 Å². The lowest BCUT2D eigenvalue weighted by Crippen LogP contribution is -2.45. The fraction of sp³-hybridized carbons (Fsp3) is 0.300. The van der Waals surface area contributed by atoms with Crippen molar-refractivity contribution in [2.75, 3.05) is 13.1 Å². The summed E-state index contributed by atoms with van der Waals surface area (Å²) in [5.74, 6) is 0.662. The number of rotatable bonds is 4. The van der Waals surface area contributed by atoms with Crippen molar-refractivity contribution in [2.24, 2.45) is 0 Å². The van der Waals surface area contributed by atoms with Gasteiger partial charge in [-0.05, 0) is 29.2 Å². The summed E-state index contributed by atoms with van der Waals surface area (Å²) < 4.78 is 0. The number of nitrogens with zero attached hydrogens (tertiary/aromatic N) is 5. The molecule has 0 saturated carbocycles. The predicted octanol–water partition coefficient (Wildman–Crippen LogP) is 2.78. The smallest absolute Gasteiger partial charge is 0.407 e. The summed E-state index contributed by atoms with van der Waals surface area (Å²) in [6.07, 6.45) is 0.401. The maximum atomic E-state index is 11.3. The molecule has 1 fully saturated rings. The van der Waals surface area contributed by atoms with Crippen LogP contribution in [0.3, 0.4) is 0 Å². The molecule has 1 aromatic heterocycles. The monoisotopic (exact) mass is 363 g/mol. The molecule has 1 aliphatic rings. The first-order valence-corrected chi connectivity index (χ1v) is 9.03. The minimum atomic E-state index is -0.877. The Kier molecular flexibility index (Phi) is 4.58. The number of hydrogen-bond donors (Lipinski definition) is 1. The number of carbonyl (C=O) groups is 1. The Morgan fingerprint density at radius 2 is 1.63 bits per heavy atom. The van der Waals surface area contributed by atoms with Gasteiger partial charge in [0.05, 0.1) is 12.0 Å². The third kappa shape index (κ3) is 3.40. The molecule has 2 heterocycles. The average Bonchev–Trinajstić information content (AvgIpc) is 3.18. The van der Waals surface area contributed by atoms with E-state index < -0.39 is 11.5 Å². The Morgan fingerprint density at radius 3 is 2.26 bits per heavy atom. The van der Waals surface area contributed by atoms with Gasteiger partial charge in [-0.2, -0.15) is 4.80 Å². The topological polar surface area (TPSA) is 84.1 Å². The quantitative estimate of drug-likeness (QED) is 0.770. The second kappa shape index (κ2) is 7.19. The van der Waals surface area contributed by atoms with Gasteiger partial charge in [-0.15, -0.1) is 10.2 Å². The maximum absolute atomic E-state index is 11.3. The van der Waals surface area contributed by atoms with Crippen LogP contribution in [0.1, 0.15) is 29.8 Å². The molecule has 0 bridgehead atoms. The summed E-state index contributed by atoms with van der Waals surface area (Å²) in [5.41, 5.74) is 1.80. The third-order valence-corrected chi connectivity index (χ3v) is 5.26. The Bertz CT molecular complexity index is 902. The average molecular weight is 363 g/mol. The number of likely N-dealkylation sites (tertiary alicyclic amines) is 1. The second-order valence-corrected chi connectivity index (χ2v) is 6.85. The number of carboxylic acid groups (broad SMARTS) is 1. The van der Waals surface area contributed by atoms with Crippen LogP contribution in [-0.4, -0.2) is 49.4 Å². The zero-order valence-electron chi connectivity index (χ0n) is 14.9. The summed E-state index contributed by atoms with van der Waals surface area (Å²) in [7, 11) is 0. The molecule has 1 amide bonds. The highest BCUT2D eigenvalue weighted by Crippen LogP contribution is 2.39. The number of hydrogen-bond acceptors (Lipinski definition) is 4. The van der Waals surface area contributed by atoms with Gasteiger partial charge in [0.2, 0.25) is 0 Å². The molecule has 27 heavy (non-hydrogen) atoms. The summed E-state index contributed by atoms with van der Waals surface area (Å²) in [6, 6.07) is 20.1. The van der Waals surface area contributed by atoms with Crippen LogP contribution in [0.5, 0.6) is 0 Å². The predicted molar refractivity (Wildman–Crippen MR) is 99.4 cm³/mol. The standard InChI is InChI=1S/C20H21N5O2/c26-19(27)24-13-11-20(12-14-24,17-9-5-2-6-10-17)18-21-23-25(22-18)15-16-7-3-1-4-8-16/h1-10H,11-15H2,(H,26,27). The molecule has 0 aliphatic carbocycles. The number of benzene rings is 2. The van der Waals surface area contributed by atoms with Crippen LogP contribution in [0.4, 0.5) is 4.79 Å². The molecule has 7 nitrogen and oxygen atoms in total. The van der Waals surface area contributed by atoms with Crippen LogP contribution in [0, 0.1) is 0 Å². The zero-order valence-corrected chi connectivity index (χ0v) is 14.9. The minimum absolute atomic E-state index is 0.415. The van der Waals surface area contributed by atoms with E-state index in [0.29, 0.717) is 38.3 Å². The Morgan fingerprint density at radius 1 is 1.00 bits per heavy atom. The van der Waals surface area contributed by atoms with Crippen molar-refractivity contribution >= 4 is 6.09 Å². The molecule has 0 spiro atoms. The Balaban J connectivity index is 1.65. The SMILES string of the molecule is O=C(O)N1CCC(c2ccccc2)(c2nnn(Cc3ccccc3)n2)CC1. The second-order valence-electron chi connectivity index (χ2n) is 6.85. The first-order valence-electron chi connectivity index (χ1n) is 9.03. The molecule has 4 rings (SSSR count). The van der Waals surface area contributed by atoms with Gasteiger partial charge in [0.25, 0.3) is 0 Å². The Labute approximate surface area is 157 Å². The van der Waals surface area contributed by atoms with Crippen LogP contribution in [0.25, 0.3) is 0 Å². The molecule has 0 atom stereocenters. The van der Waals surface area contributed by atoms with Gasteiger partial charge in [-0.3, -0.25) is 0 Å². The number of tetrazole rings is 1. The van der Waals surface area contributed by atoms with Crippen LogP contribution >= 0.6 is 0 Å². The van der Waals surface area contributed by atoms with Crippen LogP contribution in [0.2, 0.25) is 0 Å². The molecular formula is C20H21N5O2. The van der Waals surface area contributed by atoms with Crippen LogP contribution in [0.15, 0.2) is 60.7 Å². The lowest BCUT2D eigenvalue weighted by atomic mass is 9.72. The van der Waals surface area contributed by atoms with E-state index in [1.807, 2.05) is 48.5 Å². The van der Waals surface area contributed by atoms with Gasteiger partial charge < -0.3 is 10.0 Å². The lowest BCUT2D eigenvalue weighted by molar-refractivity contribution is 0.121. The molecule has 1 N–H and O–H groups in total. The summed E-state index contributed by atoms with van der Waals surface area (Å²) in [6.45, 7) is 1.47. The molecule has 1 aliphatic heterocycles. The molecule has 0 unspecified atom stereocenters. The molecular weight excluding hydrogens is 342 g/mol. The molecule has 0 radical (unpaired) electrons. The van der Waals surface area contributed by atoms with Gasteiger partial charge in [0.1, 0.15) is 0 Å². The van der Waals surface area contributed by atoms with E-state index in [4.69, 9.17) is 0 Å². The fourth-order valence-corrected chi connectivity index (χ4v) is 3.73. The van der Waals surface area contributed by atoms with E-state index in [-0.39, 0.29) is 0 Å². The molecule has 1 saturated heterocycles. The molecule has 7 heteroatoms. The fourth-order valence-electron chi connectivity index (χ4n) is 3.73. The van der Waals surface area contributed by atoms with Gasteiger partial charge in [-0.1, -0.05) is 60.7 Å². The van der Waals surface area contributed by atoms with Gasteiger partial charge in [-0.25, -0.2) is 4.79 Å². The van der Waals surface area contributed by atoms with E-state index in [9.17, 15) is 9.90 Å². The van der Waals surface area contributed by atoms with E-state index in [1.54, 1.807) is 4.80 Å². The minimum Gasteiger partial charge on any atom is -0.465 e. The van der Waals surface area contributed by atoms with Crippen molar-refractivity contribution in [3.05, 3.63) is 77.6 Å². The van der Waals surface area contributed by atoms with Crippen LogP contribution < -0.4 is 0 Å². The Hall–Kier alpha value is -3.22. The normalized spacial score (nSPS) is 16.2. The van der Waals surface area contributed by atoms with E-state index in [1.165, 1.54) is 4.90 Å². The first kappa shape index (κ1) is 17.2. The van der Waals surface area contributed by atoms with Crippen molar-refractivity contribution < 1.29 is 9.90 Å². The summed E-state index contributed by atoms with van der Waals surface area (Å²) in [5, 5.41) is 22.6. The highest BCUT2D eigenvalue weighted by atomic mass is 16.4. The largest absolute Gasteiger partial charge is 0.465 e. The number of amides is 1. The van der Waals surface area contributed by atoms with Crippen molar-refractivity contribution in [3.63, 3.8) is 0 Å². The van der Waals surface area contributed by atoms with Crippen molar-refractivity contribution in [1.82, 2.24) is 25.1 Å². The summed E-state index contributed by atoms with van der Waals surface area (Å²) in [4.78, 5) is 14.4. The highest BCUT2D eigenvalue weighted by molar-refractivity contribution is 5.65. The van der Waals surface area contributed by atoms with Gasteiger partial charge >= 0.3 is 6.09 Å². The number of aromatic nitrogens is 4. The van der Waals surface area contributed by atoms with E-state index >= 15 is 0 Å². The molecule has 3 aromatic rings. The first-order chi connectivity index (χ1) is 13.2. The van der Waals surface area contributed by atoms with Crippen molar-refractivity contribution in [2.45, 2.75) is 24.8 Å². The maximum Gasteiger partial charge on any atom is 0.407 e. The van der Waals surface area contributed by atoms with Gasteiger partial charge in [0, 0.05) is 13.1 Å². The van der Waals surface area contributed by atoms with E-state index in [2.05, 4.69) is 27.5 Å². The number of piperidine rings is 1. The molecule has 2 aromatic carbocycles. The van der Waals surface area contributed by atoms with Crippen molar-refractivity contribution in [1.29, 1.82) is 0 Å². The van der Waals surface area contributed by atoms with Gasteiger partial charge in [0.15, 0.2) is 5.82 Å². The third-order valence-electron chi connectivity index (χ3n) is 5.26. The molecule has 138 valence electrons. The lowest BCUT2D eigenvalue weighted by Gasteiger charge is -2.39. The zero-order chi connectivity index (χ0) is 18.7. The van der Waals surface area contributed by atoms with Crippen LogP contribution in [-0.2, 0) is 12.0 Å². The summed E-state index contributed by atoms with van der Waals surface area (Å²) >= 11 is 0. The van der Waals surface area contributed by atoms with Crippen molar-refractivity contribution in [3.8, 4) is 0 Å².